The molecule has 5 nitrogen and oxygen atoms in total. The van der Waals surface area contributed by atoms with Gasteiger partial charge in [-0.1, -0.05) is 0 Å². The number of nitrogens with zero attached hydrogens (tertiary/aromatic N) is 4. The summed E-state index contributed by atoms with van der Waals surface area (Å²) in [7, 11) is 0. The molecule has 4 rings (SSSR count). The van der Waals surface area contributed by atoms with Gasteiger partial charge in [-0.05, 0) is 50.3 Å². The van der Waals surface area contributed by atoms with Gasteiger partial charge in [0.1, 0.15) is 5.82 Å². The number of fused-ring (bicyclic) bond motifs is 1. The lowest BCUT2D eigenvalue weighted by atomic mass is 10.1. The van der Waals surface area contributed by atoms with Crippen LogP contribution in [0.2, 0.25) is 0 Å². The van der Waals surface area contributed by atoms with Crippen LogP contribution in [0.25, 0.3) is 5.65 Å². The molecule has 3 heterocycles. The second kappa shape index (κ2) is 5.26. The molecule has 2 fully saturated rings. The molecule has 0 amide bonds. The Balaban J connectivity index is 1.39. The predicted molar refractivity (Wildman–Crippen MR) is 78.9 cm³/mol. The molecule has 0 radical (unpaired) electrons. The van der Waals surface area contributed by atoms with E-state index in [0.29, 0.717) is 17.6 Å². The number of piperidine rings is 1. The van der Waals surface area contributed by atoms with Crippen LogP contribution < -0.4 is 10.2 Å². The van der Waals surface area contributed by atoms with Crippen molar-refractivity contribution in [3.05, 3.63) is 24.1 Å². The minimum atomic E-state index is -0.290. The van der Waals surface area contributed by atoms with E-state index in [1.165, 1.54) is 36.2 Å². The van der Waals surface area contributed by atoms with E-state index in [9.17, 15) is 4.39 Å². The minimum absolute atomic E-state index is 0.290. The van der Waals surface area contributed by atoms with Gasteiger partial charge < -0.3 is 10.2 Å². The van der Waals surface area contributed by atoms with Crippen LogP contribution in [0.3, 0.4) is 0 Å². The molecule has 0 bridgehead atoms. The van der Waals surface area contributed by atoms with Crippen LogP contribution in [0, 0.1) is 11.7 Å². The first-order valence-corrected chi connectivity index (χ1v) is 7.78. The zero-order valence-electron chi connectivity index (χ0n) is 12.0. The Morgan fingerprint density at radius 1 is 1.19 bits per heavy atom. The molecule has 0 atom stereocenters. The van der Waals surface area contributed by atoms with Crippen molar-refractivity contribution >= 4 is 11.6 Å². The first kappa shape index (κ1) is 13.0. The van der Waals surface area contributed by atoms with E-state index in [-0.39, 0.29) is 5.82 Å². The fraction of sp³-hybridized carbons (Fsp3) is 0.600. The summed E-state index contributed by atoms with van der Waals surface area (Å²) in [5, 5.41) is 8.04. The van der Waals surface area contributed by atoms with Crippen LogP contribution in [0.15, 0.2) is 18.3 Å². The summed E-state index contributed by atoms with van der Waals surface area (Å²) >= 11 is 0. The van der Waals surface area contributed by atoms with Crippen LogP contribution in [-0.4, -0.2) is 40.3 Å². The Kier molecular flexibility index (Phi) is 3.25. The van der Waals surface area contributed by atoms with Crippen molar-refractivity contribution in [2.45, 2.75) is 31.7 Å². The lowest BCUT2D eigenvalue weighted by Crippen LogP contribution is -2.43. The number of anilines is 1. The topological polar surface area (TPSA) is 45.5 Å². The van der Waals surface area contributed by atoms with Gasteiger partial charge in [-0.25, -0.2) is 8.91 Å². The molecule has 6 heteroatoms. The maximum absolute atomic E-state index is 13.2. The quantitative estimate of drug-likeness (QED) is 0.933. The highest BCUT2D eigenvalue weighted by molar-refractivity contribution is 5.44. The third-order valence-electron chi connectivity index (χ3n) is 4.45. The van der Waals surface area contributed by atoms with Crippen LogP contribution in [-0.2, 0) is 0 Å². The zero-order chi connectivity index (χ0) is 14.2. The number of hydrogen-bond acceptors (Lipinski definition) is 4. The monoisotopic (exact) mass is 289 g/mol. The molecule has 21 heavy (non-hydrogen) atoms. The molecule has 112 valence electrons. The van der Waals surface area contributed by atoms with Crippen LogP contribution >= 0.6 is 0 Å². The number of halogens is 1. The molecular weight excluding hydrogens is 269 g/mol. The maximum Gasteiger partial charge on any atom is 0.245 e. The van der Waals surface area contributed by atoms with Crippen molar-refractivity contribution in [2.24, 2.45) is 5.92 Å². The lowest BCUT2D eigenvalue weighted by molar-refractivity contribution is 0.406. The molecule has 0 spiro atoms. The average molecular weight is 289 g/mol. The Bertz CT molecular complexity index is 628. The molecule has 0 unspecified atom stereocenters. The molecule has 1 aliphatic heterocycles. The number of nitrogens with one attached hydrogen (secondary N) is 1. The number of hydrogen-bond donors (Lipinski definition) is 1. The van der Waals surface area contributed by atoms with Crippen molar-refractivity contribution in [1.29, 1.82) is 0 Å². The third-order valence-corrected chi connectivity index (χ3v) is 4.45. The van der Waals surface area contributed by atoms with E-state index in [2.05, 4.69) is 20.3 Å². The summed E-state index contributed by atoms with van der Waals surface area (Å²) in [6.45, 7) is 3.10. The minimum Gasteiger partial charge on any atom is -0.339 e. The van der Waals surface area contributed by atoms with E-state index in [1.54, 1.807) is 6.07 Å². The number of aromatic nitrogens is 3. The predicted octanol–water partition coefficient (Wildman–Crippen LogP) is 1.84. The zero-order valence-corrected chi connectivity index (χ0v) is 12.0. The van der Waals surface area contributed by atoms with Crippen molar-refractivity contribution in [2.75, 3.05) is 24.5 Å². The van der Waals surface area contributed by atoms with E-state index < -0.39 is 0 Å². The van der Waals surface area contributed by atoms with Gasteiger partial charge in [-0.15, -0.1) is 5.10 Å². The van der Waals surface area contributed by atoms with Crippen molar-refractivity contribution in [3.8, 4) is 0 Å². The molecule has 1 saturated heterocycles. The summed E-state index contributed by atoms with van der Waals surface area (Å²) in [6.07, 6.45) is 6.41. The molecular formula is C15H20FN5. The van der Waals surface area contributed by atoms with E-state index in [4.69, 9.17) is 0 Å². The van der Waals surface area contributed by atoms with Crippen molar-refractivity contribution < 1.29 is 4.39 Å². The smallest absolute Gasteiger partial charge is 0.245 e. The first-order chi connectivity index (χ1) is 10.3. The highest BCUT2D eigenvalue weighted by Gasteiger charge is 2.25. The van der Waals surface area contributed by atoms with Gasteiger partial charge in [0.25, 0.3) is 0 Å². The highest BCUT2D eigenvalue weighted by Crippen LogP contribution is 2.28. The largest absolute Gasteiger partial charge is 0.339 e. The third kappa shape index (κ3) is 2.85. The highest BCUT2D eigenvalue weighted by atomic mass is 19.1. The van der Waals surface area contributed by atoms with E-state index >= 15 is 0 Å². The molecule has 0 aromatic carbocycles. The second-order valence-corrected chi connectivity index (χ2v) is 6.17. The summed E-state index contributed by atoms with van der Waals surface area (Å²) in [4.78, 5) is 6.67. The lowest BCUT2D eigenvalue weighted by Gasteiger charge is -2.31. The van der Waals surface area contributed by atoms with Crippen molar-refractivity contribution in [1.82, 2.24) is 19.9 Å². The van der Waals surface area contributed by atoms with Gasteiger partial charge in [-0.2, -0.15) is 4.98 Å². The molecule has 2 aliphatic rings. The van der Waals surface area contributed by atoms with Gasteiger partial charge in [0, 0.05) is 19.1 Å². The van der Waals surface area contributed by atoms with Crippen LogP contribution in [0.4, 0.5) is 10.3 Å². The summed E-state index contributed by atoms with van der Waals surface area (Å²) in [5.74, 6) is 1.35. The van der Waals surface area contributed by atoms with E-state index in [1.807, 2.05) is 0 Å². The number of pyridine rings is 1. The second-order valence-electron chi connectivity index (χ2n) is 6.17. The summed E-state index contributed by atoms with van der Waals surface area (Å²) < 4.78 is 14.7. The van der Waals surface area contributed by atoms with Gasteiger partial charge >= 0.3 is 0 Å². The van der Waals surface area contributed by atoms with Gasteiger partial charge in [-0.3, -0.25) is 0 Å². The Morgan fingerprint density at radius 2 is 2.00 bits per heavy atom. The Morgan fingerprint density at radius 3 is 2.76 bits per heavy atom. The van der Waals surface area contributed by atoms with Gasteiger partial charge in [0.2, 0.25) is 5.95 Å². The van der Waals surface area contributed by atoms with Crippen LogP contribution in [0.1, 0.15) is 25.7 Å². The number of rotatable bonds is 4. The van der Waals surface area contributed by atoms with Crippen LogP contribution in [0.5, 0.6) is 0 Å². The fourth-order valence-electron chi connectivity index (χ4n) is 2.92. The molecule has 1 aliphatic carbocycles. The SMILES string of the molecule is Fc1ccc2nc(N3CCC(NCC4CC4)CC3)nn2c1. The Labute approximate surface area is 123 Å². The van der Waals surface area contributed by atoms with E-state index in [0.717, 1.165) is 31.8 Å². The Hall–Kier alpha value is -1.69. The summed E-state index contributed by atoms with van der Waals surface area (Å²) in [5.41, 5.74) is 0.695. The maximum atomic E-state index is 13.2. The van der Waals surface area contributed by atoms with Gasteiger partial charge in [0.05, 0.1) is 6.20 Å². The molecule has 2 aromatic rings. The average Bonchev–Trinajstić information content (AvgIpc) is 3.24. The first-order valence-electron chi connectivity index (χ1n) is 7.78. The normalized spacial score (nSPS) is 20.3. The summed E-state index contributed by atoms with van der Waals surface area (Å²) in [6, 6.07) is 3.70. The molecule has 1 N–H and O–H groups in total. The fourth-order valence-corrected chi connectivity index (χ4v) is 2.92. The van der Waals surface area contributed by atoms with Gasteiger partial charge in [0.15, 0.2) is 5.65 Å². The molecule has 1 saturated carbocycles. The van der Waals surface area contributed by atoms with Crippen molar-refractivity contribution in [3.63, 3.8) is 0 Å². The molecule has 2 aromatic heterocycles. The standard InChI is InChI=1S/C15H20FN5/c16-12-3-4-14-18-15(19-21(14)10-12)20-7-5-13(6-8-20)17-9-11-1-2-11/h3-4,10-11,13,17H,1-2,5-9H2.